The van der Waals surface area contributed by atoms with E-state index in [0.29, 0.717) is 0 Å². The number of rotatable bonds is 5. The van der Waals surface area contributed by atoms with Crippen LogP contribution in [0.25, 0.3) is 93.6 Å². The van der Waals surface area contributed by atoms with Crippen molar-refractivity contribution in [3.8, 4) is 39.1 Å². The fourth-order valence-corrected chi connectivity index (χ4v) is 12.3. The van der Waals surface area contributed by atoms with Crippen molar-refractivity contribution in [2.24, 2.45) is 0 Å². The first-order valence-electron chi connectivity index (χ1n) is 23.5. The second-order valence-electron chi connectivity index (χ2n) is 18.3. The third kappa shape index (κ3) is 4.92. The highest BCUT2D eigenvalue weighted by Gasteiger charge is 2.51. The zero-order valence-electron chi connectivity index (χ0n) is 36.9. The van der Waals surface area contributed by atoms with Crippen LogP contribution in [0.3, 0.4) is 0 Å². The molecule has 2 aliphatic carbocycles. The molecule has 2 aromatic heterocycles. The number of hydrogen-bond acceptors (Lipinski definition) is 2. The molecule has 2 aliphatic rings. The molecule has 3 heteroatoms. The van der Waals surface area contributed by atoms with E-state index in [9.17, 15) is 0 Å². The first kappa shape index (κ1) is 37.3. The lowest BCUT2D eigenvalue weighted by molar-refractivity contribution is 0.674. The quantitative estimate of drug-likeness (QED) is 0.172. The monoisotopic (exact) mass is 864 g/mol. The molecule has 1 spiro atoms. The molecular weight excluding hydrogens is 825 g/mol. The standard InChI is InChI=1S/C65H40N2O/c1-2-19-43-41(18-1)36-38-53-52-27-17-26-51(64(52)68-63(43)53)50-25-8-12-31-58(50)66(61-34-15-16-35-62(61)67-59-32-13-6-23-48(59)49-24-7-14-33-60(49)67)42-37-39-47-46-22-5-11-30-56(46)65(57(47)40-42)54-28-9-3-20-44(54)45-21-4-10-29-55(45)65/h1-40H. The minimum atomic E-state index is -0.505. The summed E-state index contributed by atoms with van der Waals surface area (Å²) in [5, 5.41) is 6.95. The molecule has 0 saturated heterocycles. The molecule has 0 unspecified atom stereocenters. The SMILES string of the molecule is c1ccc(N(c2ccc3c(c2)C2(c4ccccc4-c4ccccc42)c2ccccc2-3)c2ccccc2-n2c3ccccc3c3ccccc32)c(-c2cccc3c2oc2c4ccccc4ccc32)c1. The first-order chi connectivity index (χ1) is 33.8. The average Bonchev–Trinajstić information content (AvgIpc) is 4.13. The summed E-state index contributed by atoms with van der Waals surface area (Å²) in [7, 11) is 0. The molecule has 2 heterocycles. The number of benzene rings is 11. The minimum Gasteiger partial charge on any atom is -0.455 e. The first-order valence-corrected chi connectivity index (χ1v) is 23.5. The van der Waals surface area contributed by atoms with Gasteiger partial charge < -0.3 is 13.9 Å². The van der Waals surface area contributed by atoms with Crippen LogP contribution in [0.2, 0.25) is 0 Å². The molecule has 3 nitrogen and oxygen atoms in total. The van der Waals surface area contributed by atoms with Crippen LogP contribution in [-0.2, 0) is 5.41 Å². The molecule has 11 aromatic carbocycles. The molecule has 0 saturated carbocycles. The summed E-state index contributed by atoms with van der Waals surface area (Å²) in [4.78, 5) is 2.51. The Balaban J connectivity index is 1.04. The van der Waals surface area contributed by atoms with Gasteiger partial charge >= 0.3 is 0 Å². The summed E-state index contributed by atoms with van der Waals surface area (Å²) >= 11 is 0. The summed E-state index contributed by atoms with van der Waals surface area (Å²) < 4.78 is 9.53. The second kappa shape index (κ2) is 14.0. The van der Waals surface area contributed by atoms with Gasteiger partial charge in [0.05, 0.1) is 33.5 Å². The van der Waals surface area contributed by atoms with E-state index < -0.39 is 5.41 Å². The van der Waals surface area contributed by atoms with Gasteiger partial charge in [-0.25, -0.2) is 0 Å². The van der Waals surface area contributed by atoms with Gasteiger partial charge in [-0.15, -0.1) is 0 Å². The molecule has 15 rings (SSSR count). The largest absolute Gasteiger partial charge is 0.455 e. The minimum absolute atomic E-state index is 0.505. The number of hydrogen-bond donors (Lipinski definition) is 0. The number of anilines is 3. The normalized spacial score (nSPS) is 13.1. The Hall–Kier alpha value is -8.92. The van der Waals surface area contributed by atoms with E-state index in [1.165, 1.54) is 55.3 Å². The molecule has 0 bridgehead atoms. The van der Waals surface area contributed by atoms with E-state index in [0.717, 1.165) is 77.6 Å². The van der Waals surface area contributed by atoms with E-state index in [2.05, 4.69) is 252 Å². The molecule has 0 aliphatic heterocycles. The van der Waals surface area contributed by atoms with Gasteiger partial charge in [0.25, 0.3) is 0 Å². The third-order valence-electron chi connectivity index (χ3n) is 15.0. The summed E-state index contributed by atoms with van der Waals surface area (Å²) in [6.45, 7) is 0. The summed E-state index contributed by atoms with van der Waals surface area (Å²) in [5.74, 6) is 0. The lowest BCUT2D eigenvalue weighted by Crippen LogP contribution is -2.26. The van der Waals surface area contributed by atoms with Gasteiger partial charge in [-0.05, 0) is 98.4 Å². The van der Waals surface area contributed by atoms with Crippen molar-refractivity contribution in [1.29, 1.82) is 0 Å². The molecule has 0 radical (unpaired) electrons. The average molecular weight is 865 g/mol. The van der Waals surface area contributed by atoms with E-state index in [-0.39, 0.29) is 0 Å². The Kier molecular flexibility index (Phi) is 7.71. The van der Waals surface area contributed by atoms with Crippen LogP contribution in [-0.4, -0.2) is 4.57 Å². The molecule has 316 valence electrons. The Labute approximate surface area is 393 Å². The Morgan fingerprint density at radius 3 is 1.51 bits per heavy atom. The highest BCUT2D eigenvalue weighted by Crippen LogP contribution is 2.63. The third-order valence-corrected chi connectivity index (χ3v) is 15.0. The number of para-hydroxylation sites is 6. The van der Waals surface area contributed by atoms with Crippen LogP contribution in [0.15, 0.2) is 247 Å². The number of aromatic nitrogens is 1. The van der Waals surface area contributed by atoms with Crippen LogP contribution < -0.4 is 4.90 Å². The van der Waals surface area contributed by atoms with Gasteiger partial charge in [0.1, 0.15) is 11.2 Å². The Morgan fingerprint density at radius 2 is 0.824 bits per heavy atom. The zero-order chi connectivity index (χ0) is 44.5. The molecule has 0 amide bonds. The fourth-order valence-electron chi connectivity index (χ4n) is 12.3. The van der Waals surface area contributed by atoms with Gasteiger partial charge in [0, 0.05) is 43.7 Å². The molecule has 0 N–H and O–H groups in total. The fraction of sp³-hybridized carbons (Fsp3) is 0.0154. The van der Waals surface area contributed by atoms with E-state index in [4.69, 9.17) is 4.42 Å². The predicted octanol–water partition coefficient (Wildman–Crippen LogP) is 17.3. The smallest absolute Gasteiger partial charge is 0.143 e. The van der Waals surface area contributed by atoms with E-state index in [1.807, 2.05) is 0 Å². The lowest BCUT2D eigenvalue weighted by Gasteiger charge is -2.33. The molecule has 0 fully saturated rings. The number of furan rings is 1. The van der Waals surface area contributed by atoms with Crippen LogP contribution in [0.4, 0.5) is 17.1 Å². The molecular formula is C65H40N2O. The van der Waals surface area contributed by atoms with Crippen molar-refractivity contribution in [3.05, 3.63) is 265 Å². The Morgan fingerprint density at radius 1 is 0.324 bits per heavy atom. The van der Waals surface area contributed by atoms with Gasteiger partial charge in [-0.1, -0.05) is 194 Å². The Bertz CT molecular complexity index is 4130. The summed E-state index contributed by atoms with van der Waals surface area (Å²) in [6.07, 6.45) is 0. The highest BCUT2D eigenvalue weighted by molar-refractivity contribution is 6.18. The van der Waals surface area contributed by atoms with Crippen LogP contribution in [0, 0.1) is 0 Å². The van der Waals surface area contributed by atoms with E-state index in [1.54, 1.807) is 0 Å². The van der Waals surface area contributed by atoms with Gasteiger partial charge in [-0.2, -0.15) is 0 Å². The van der Waals surface area contributed by atoms with Crippen molar-refractivity contribution in [2.75, 3.05) is 4.90 Å². The maximum atomic E-state index is 7.08. The zero-order valence-corrected chi connectivity index (χ0v) is 36.9. The van der Waals surface area contributed by atoms with Crippen LogP contribution >= 0.6 is 0 Å². The molecule has 68 heavy (non-hydrogen) atoms. The maximum absolute atomic E-state index is 7.08. The van der Waals surface area contributed by atoms with E-state index >= 15 is 0 Å². The topological polar surface area (TPSA) is 21.3 Å². The maximum Gasteiger partial charge on any atom is 0.143 e. The van der Waals surface area contributed by atoms with Gasteiger partial charge in [0.15, 0.2) is 0 Å². The summed E-state index contributed by atoms with van der Waals surface area (Å²) in [5.41, 5.74) is 20.4. The van der Waals surface area contributed by atoms with Gasteiger partial charge in [0.2, 0.25) is 0 Å². The molecule has 0 atom stereocenters. The summed E-state index contributed by atoms with van der Waals surface area (Å²) in [6, 6.07) is 89.4. The van der Waals surface area contributed by atoms with Crippen molar-refractivity contribution in [2.45, 2.75) is 5.41 Å². The van der Waals surface area contributed by atoms with Crippen molar-refractivity contribution in [1.82, 2.24) is 4.57 Å². The van der Waals surface area contributed by atoms with Crippen LogP contribution in [0.1, 0.15) is 22.3 Å². The van der Waals surface area contributed by atoms with Crippen molar-refractivity contribution in [3.63, 3.8) is 0 Å². The van der Waals surface area contributed by atoms with Crippen molar-refractivity contribution < 1.29 is 4.42 Å². The van der Waals surface area contributed by atoms with Crippen LogP contribution in [0.5, 0.6) is 0 Å². The van der Waals surface area contributed by atoms with Crippen molar-refractivity contribution >= 4 is 71.6 Å². The molecule has 13 aromatic rings. The number of fused-ring (bicyclic) bond motifs is 18. The lowest BCUT2D eigenvalue weighted by atomic mass is 9.70. The predicted molar refractivity (Wildman–Crippen MR) is 282 cm³/mol. The van der Waals surface area contributed by atoms with Gasteiger partial charge in [-0.3, -0.25) is 0 Å². The number of nitrogens with zero attached hydrogens (tertiary/aromatic N) is 2. The second-order valence-corrected chi connectivity index (χ2v) is 18.3. The highest BCUT2D eigenvalue weighted by atomic mass is 16.3.